The van der Waals surface area contributed by atoms with E-state index in [9.17, 15) is 4.79 Å². The topological polar surface area (TPSA) is 26.3 Å². The van der Waals surface area contributed by atoms with Crippen molar-refractivity contribution in [2.45, 2.75) is 51.4 Å². The van der Waals surface area contributed by atoms with Gasteiger partial charge in [-0.2, -0.15) is 0 Å². The van der Waals surface area contributed by atoms with Gasteiger partial charge >= 0.3 is 5.97 Å². The van der Waals surface area contributed by atoms with E-state index in [0.29, 0.717) is 12.2 Å². The Labute approximate surface area is 279 Å². The molecular weight excluding hydrogens is 663 g/mol. The summed E-state index contributed by atoms with van der Waals surface area (Å²) in [7, 11) is 0. The van der Waals surface area contributed by atoms with Gasteiger partial charge in [-0.15, -0.1) is 0 Å². The molecule has 0 heterocycles. The lowest BCUT2D eigenvalue weighted by Crippen LogP contribution is -2.27. The van der Waals surface area contributed by atoms with Crippen molar-refractivity contribution in [2.24, 2.45) is 0 Å². The molecule has 0 saturated heterocycles. The molecule has 0 fully saturated rings. The summed E-state index contributed by atoms with van der Waals surface area (Å²) in [5.41, 5.74) is 9.31. The van der Waals surface area contributed by atoms with E-state index in [2.05, 4.69) is 127 Å². The molecule has 0 spiro atoms. The summed E-state index contributed by atoms with van der Waals surface area (Å²) < 4.78 is 6.66. The fourth-order valence-electron chi connectivity index (χ4n) is 7.64. The van der Waals surface area contributed by atoms with Crippen molar-refractivity contribution in [3.05, 3.63) is 130 Å². The number of rotatable bonds is 10. The molecule has 6 aromatic rings. The van der Waals surface area contributed by atoms with E-state index in [4.69, 9.17) is 11.3 Å². The van der Waals surface area contributed by atoms with Crippen LogP contribution in [0.2, 0.25) is 0 Å². The average Bonchev–Trinajstić information content (AvgIpc) is 3.35. The number of esters is 1. The third-order valence-corrected chi connectivity index (χ3v) is 10.8. The molecule has 0 radical (unpaired) electrons. The second-order valence-corrected chi connectivity index (χ2v) is 13.6. The standard InChI is InChI=1S/C42H37IO2/c1-5-27(4)42(23-9-6-10-24-45-41(44)26(2)3)36-12-8-7-11-32(36)33-19-16-30(25-37(33)42)31-18-13-28-15-21-35-38(43)22-17-29-14-20-34(31)39(28)40(29)35/h7-8,11-22,25H,2,4-6,9-10,23-24H2,1,3H3. The number of fused-ring (bicyclic) bond motifs is 3. The van der Waals surface area contributed by atoms with Gasteiger partial charge in [0, 0.05) is 14.6 Å². The van der Waals surface area contributed by atoms with Crippen LogP contribution in [0.5, 0.6) is 0 Å². The van der Waals surface area contributed by atoms with Gasteiger partial charge in [-0.3, -0.25) is 0 Å². The van der Waals surface area contributed by atoms with E-state index in [0.717, 1.165) is 32.1 Å². The van der Waals surface area contributed by atoms with Gasteiger partial charge < -0.3 is 4.74 Å². The van der Waals surface area contributed by atoms with E-state index >= 15 is 0 Å². The van der Waals surface area contributed by atoms with Crippen LogP contribution in [0.4, 0.5) is 0 Å². The summed E-state index contributed by atoms with van der Waals surface area (Å²) >= 11 is 2.46. The number of carbonyl (C=O) groups excluding carboxylic acids is 1. The van der Waals surface area contributed by atoms with E-state index in [-0.39, 0.29) is 11.4 Å². The van der Waals surface area contributed by atoms with Crippen molar-refractivity contribution in [3.63, 3.8) is 0 Å². The van der Waals surface area contributed by atoms with Gasteiger partial charge in [0.05, 0.1) is 6.61 Å². The molecule has 1 atom stereocenters. The second-order valence-electron chi connectivity index (χ2n) is 12.5. The summed E-state index contributed by atoms with van der Waals surface area (Å²) in [6.45, 7) is 12.8. The molecule has 1 unspecified atom stereocenters. The first-order valence-electron chi connectivity index (χ1n) is 16.0. The molecular formula is C42H37IO2. The smallest absolute Gasteiger partial charge is 0.333 e. The number of benzene rings is 6. The quantitative estimate of drug-likeness (QED) is 0.0355. The van der Waals surface area contributed by atoms with Crippen LogP contribution in [0.1, 0.15) is 57.1 Å². The molecule has 7 rings (SSSR count). The molecule has 3 heteroatoms. The molecule has 0 saturated carbocycles. The highest BCUT2D eigenvalue weighted by Crippen LogP contribution is 2.56. The van der Waals surface area contributed by atoms with Crippen molar-refractivity contribution < 1.29 is 9.53 Å². The number of allylic oxidation sites excluding steroid dienone is 1. The minimum atomic E-state index is -0.307. The van der Waals surface area contributed by atoms with Gasteiger partial charge in [-0.1, -0.05) is 117 Å². The largest absolute Gasteiger partial charge is 0.462 e. The fraction of sp³-hybridized carbons (Fsp3) is 0.214. The van der Waals surface area contributed by atoms with Crippen LogP contribution in [0.3, 0.4) is 0 Å². The highest BCUT2D eigenvalue weighted by molar-refractivity contribution is 14.1. The van der Waals surface area contributed by atoms with Gasteiger partial charge in [0.2, 0.25) is 0 Å². The number of unbranched alkanes of at least 4 members (excludes halogenated alkanes) is 2. The molecule has 45 heavy (non-hydrogen) atoms. The molecule has 0 amide bonds. The average molecular weight is 701 g/mol. The summed E-state index contributed by atoms with van der Waals surface area (Å²) in [6, 6.07) is 34.2. The number of hydrogen-bond donors (Lipinski definition) is 0. The van der Waals surface area contributed by atoms with Gasteiger partial charge in [-0.05, 0) is 127 Å². The first kappa shape index (κ1) is 29.7. The van der Waals surface area contributed by atoms with E-state index < -0.39 is 0 Å². The molecule has 0 bridgehead atoms. The lowest BCUT2D eigenvalue weighted by molar-refractivity contribution is -0.139. The molecule has 2 nitrogen and oxygen atoms in total. The lowest BCUT2D eigenvalue weighted by atomic mass is 9.68. The monoisotopic (exact) mass is 700 g/mol. The Hall–Kier alpha value is -3.96. The number of halogens is 1. The molecule has 0 aliphatic heterocycles. The minimum absolute atomic E-state index is 0.259. The predicted molar refractivity (Wildman–Crippen MR) is 198 cm³/mol. The van der Waals surface area contributed by atoms with Crippen molar-refractivity contribution >= 4 is 60.9 Å². The Morgan fingerprint density at radius 1 is 0.756 bits per heavy atom. The van der Waals surface area contributed by atoms with Crippen LogP contribution in [-0.2, 0) is 14.9 Å². The molecule has 1 aliphatic carbocycles. The maximum atomic E-state index is 11.8. The van der Waals surface area contributed by atoms with Crippen LogP contribution < -0.4 is 0 Å². The third-order valence-electron chi connectivity index (χ3n) is 9.89. The predicted octanol–water partition coefficient (Wildman–Crippen LogP) is 11.8. The highest BCUT2D eigenvalue weighted by atomic mass is 127. The highest BCUT2D eigenvalue weighted by Gasteiger charge is 2.44. The zero-order chi connectivity index (χ0) is 31.3. The first-order chi connectivity index (χ1) is 21.8. The Kier molecular flexibility index (Phi) is 7.77. The molecule has 0 aromatic heterocycles. The maximum absolute atomic E-state index is 11.8. The molecule has 0 N–H and O–H groups in total. The zero-order valence-corrected chi connectivity index (χ0v) is 28.2. The molecule has 6 aromatic carbocycles. The summed E-state index contributed by atoms with van der Waals surface area (Å²) in [5, 5.41) is 7.90. The normalized spacial score (nSPS) is 15.4. The Morgan fingerprint density at radius 3 is 2.20 bits per heavy atom. The Balaban J connectivity index is 1.32. The second kappa shape index (κ2) is 11.8. The maximum Gasteiger partial charge on any atom is 0.333 e. The Bertz CT molecular complexity index is 2140. The van der Waals surface area contributed by atoms with E-state index in [1.165, 1.54) is 74.8 Å². The van der Waals surface area contributed by atoms with Crippen LogP contribution >= 0.6 is 22.6 Å². The van der Waals surface area contributed by atoms with Gasteiger partial charge in [-0.25, -0.2) is 4.79 Å². The number of hydrogen-bond acceptors (Lipinski definition) is 2. The molecule has 1 aliphatic rings. The van der Waals surface area contributed by atoms with E-state index in [1.54, 1.807) is 6.92 Å². The summed E-state index contributed by atoms with van der Waals surface area (Å²) in [4.78, 5) is 11.8. The van der Waals surface area contributed by atoms with Crippen molar-refractivity contribution in [2.75, 3.05) is 6.61 Å². The summed E-state index contributed by atoms with van der Waals surface area (Å²) in [6.07, 6.45) is 4.71. The van der Waals surface area contributed by atoms with Crippen LogP contribution in [0.25, 0.3) is 54.6 Å². The van der Waals surface area contributed by atoms with E-state index in [1.807, 2.05) is 0 Å². The molecule has 224 valence electrons. The van der Waals surface area contributed by atoms with Gasteiger partial charge in [0.1, 0.15) is 0 Å². The number of ether oxygens (including phenoxy) is 1. The third kappa shape index (κ3) is 4.78. The summed E-state index contributed by atoms with van der Waals surface area (Å²) in [5.74, 6) is -0.307. The van der Waals surface area contributed by atoms with Crippen molar-refractivity contribution in [3.8, 4) is 22.3 Å². The van der Waals surface area contributed by atoms with Crippen molar-refractivity contribution in [1.29, 1.82) is 0 Å². The van der Waals surface area contributed by atoms with Gasteiger partial charge in [0.15, 0.2) is 0 Å². The van der Waals surface area contributed by atoms with Crippen LogP contribution in [0, 0.1) is 3.57 Å². The lowest BCUT2D eigenvalue weighted by Gasteiger charge is -2.35. The van der Waals surface area contributed by atoms with Gasteiger partial charge in [0.25, 0.3) is 0 Å². The van der Waals surface area contributed by atoms with Crippen molar-refractivity contribution in [1.82, 2.24) is 0 Å². The van der Waals surface area contributed by atoms with Crippen LogP contribution in [0.15, 0.2) is 115 Å². The number of carbonyl (C=O) groups is 1. The first-order valence-corrected chi connectivity index (χ1v) is 17.0. The van der Waals surface area contributed by atoms with Crippen LogP contribution in [-0.4, -0.2) is 12.6 Å². The SMILES string of the molecule is C=C(C)C(=O)OCCCCCC1(C(=C)CC)c2ccccc2-c2ccc(-c3ccc4ccc5c(I)ccc6ccc3c4c65)cc21. The zero-order valence-electron chi connectivity index (χ0n) is 26.0. The Morgan fingerprint density at radius 2 is 1.42 bits per heavy atom. The fourth-order valence-corrected chi connectivity index (χ4v) is 8.27. The minimum Gasteiger partial charge on any atom is -0.462 e.